The van der Waals surface area contributed by atoms with Crippen LogP contribution in [0.2, 0.25) is 0 Å². The number of piperidine rings is 1. The molecule has 0 spiro atoms. The summed E-state index contributed by atoms with van der Waals surface area (Å²) in [5.41, 5.74) is 2.75. The molecule has 1 saturated heterocycles. The van der Waals surface area contributed by atoms with E-state index in [1.807, 2.05) is 0 Å². The molecule has 2 bridgehead atoms. The molecule has 5 rings (SSSR count). The third-order valence-electron chi connectivity index (χ3n) is 4.34. The van der Waals surface area contributed by atoms with Gasteiger partial charge in [-0.2, -0.15) is 0 Å². The molecule has 17 heavy (non-hydrogen) atoms. The van der Waals surface area contributed by atoms with E-state index in [0.717, 1.165) is 6.42 Å². The van der Waals surface area contributed by atoms with E-state index in [1.165, 1.54) is 11.1 Å². The van der Waals surface area contributed by atoms with Crippen LogP contribution in [0, 0.1) is 0 Å². The zero-order chi connectivity index (χ0) is 11.4. The summed E-state index contributed by atoms with van der Waals surface area (Å²) in [6.45, 7) is 0. The molecule has 1 aromatic rings. The standard InChI is InChI=1S/C15H15NO/c17-14-9-13-10-5-1-2-6-11(10)15(14)12-7-3-4-8-16(12)13/h1-8,12-15,17H,9H2. The SMILES string of the molecule is OC1CC2c3ccccc3C1C1C=CC=CN21. The fourth-order valence-corrected chi connectivity index (χ4v) is 3.66. The van der Waals surface area contributed by atoms with Gasteiger partial charge in [-0.3, -0.25) is 0 Å². The lowest BCUT2D eigenvalue weighted by molar-refractivity contribution is 0.00365. The van der Waals surface area contributed by atoms with Crippen LogP contribution in [0.25, 0.3) is 0 Å². The van der Waals surface area contributed by atoms with Crippen LogP contribution in [0.15, 0.2) is 48.7 Å². The second-order valence-corrected chi connectivity index (χ2v) is 5.14. The van der Waals surface area contributed by atoms with E-state index in [2.05, 4.69) is 53.6 Å². The van der Waals surface area contributed by atoms with E-state index < -0.39 is 0 Å². The lowest BCUT2D eigenvalue weighted by Gasteiger charge is -2.54. The average Bonchev–Trinajstić information content (AvgIpc) is 2.39. The topological polar surface area (TPSA) is 23.5 Å². The number of benzene rings is 1. The summed E-state index contributed by atoms with van der Waals surface area (Å²) in [7, 11) is 0. The molecule has 1 fully saturated rings. The van der Waals surface area contributed by atoms with Crippen molar-refractivity contribution in [1.82, 2.24) is 4.90 Å². The average molecular weight is 225 g/mol. The van der Waals surface area contributed by atoms with Gasteiger partial charge in [0.2, 0.25) is 0 Å². The molecule has 3 heterocycles. The number of rotatable bonds is 0. The number of allylic oxidation sites excluding steroid dienone is 2. The van der Waals surface area contributed by atoms with Gasteiger partial charge in [-0.15, -0.1) is 0 Å². The summed E-state index contributed by atoms with van der Waals surface area (Å²) in [5.74, 6) is 0.234. The summed E-state index contributed by atoms with van der Waals surface area (Å²) >= 11 is 0. The maximum absolute atomic E-state index is 10.3. The molecule has 2 heteroatoms. The lowest BCUT2D eigenvalue weighted by atomic mass is 9.68. The summed E-state index contributed by atoms with van der Waals surface area (Å²) < 4.78 is 0. The van der Waals surface area contributed by atoms with E-state index in [4.69, 9.17) is 0 Å². The van der Waals surface area contributed by atoms with Crippen molar-refractivity contribution in [3.05, 3.63) is 59.8 Å². The van der Waals surface area contributed by atoms with Crippen molar-refractivity contribution in [2.24, 2.45) is 0 Å². The third-order valence-corrected chi connectivity index (χ3v) is 4.34. The Bertz CT molecular complexity index is 519. The minimum absolute atomic E-state index is 0.202. The highest BCUT2D eigenvalue weighted by Crippen LogP contribution is 2.51. The highest BCUT2D eigenvalue weighted by Gasteiger charge is 2.47. The Balaban J connectivity index is 1.93. The van der Waals surface area contributed by atoms with Gasteiger partial charge in [0, 0.05) is 12.1 Å². The van der Waals surface area contributed by atoms with Crippen LogP contribution in [-0.4, -0.2) is 22.2 Å². The molecule has 0 amide bonds. The molecule has 2 nitrogen and oxygen atoms in total. The molecular formula is C15H15NO. The van der Waals surface area contributed by atoms with Gasteiger partial charge in [-0.1, -0.05) is 36.4 Å². The number of nitrogens with zero attached hydrogens (tertiary/aromatic N) is 1. The van der Waals surface area contributed by atoms with Crippen LogP contribution in [0.5, 0.6) is 0 Å². The minimum Gasteiger partial charge on any atom is -0.392 e. The minimum atomic E-state index is -0.202. The normalized spacial score (nSPS) is 36.9. The fourth-order valence-electron chi connectivity index (χ4n) is 3.66. The van der Waals surface area contributed by atoms with Crippen LogP contribution in [0.4, 0.5) is 0 Å². The van der Waals surface area contributed by atoms with Crippen LogP contribution < -0.4 is 0 Å². The number of hydrogen-bond donors (Lipinski definition) is 1. The van der Waals surface area contributed by atoms with E-state index in [0.29, 0.717) is 12.1 Å². The Kier molecular flexibility index (Phi) is 1.80. The second-order valence-electron chi connectivity index (χ2n) is 5.14. The maximum Gasteiger partial charge on any atom is 0.0654 e. The number of aliphatic hydroxyl groups is 1. The lowest BCUT2D eigenvalue weighted by Crippen LogP contribution is -2.53. The Labute approximate surface area is 101 Å². The second kappa shape index (κ2) is 3.23. The largest absolute Gasteiger partial charge is 0.392 e. The Morgan fingerprint density at radius 3 is 2.82 bits per heavy atom. The first-order chi connectivity index (χ1) is 8.36. The van der Waals surface area contributed by atoms with Crippen molar-refractivity contribution in [1.29, 1.82) is 0 Å². The van der Waals surface area contributed by atoms with E-state index in [9.17, 15) is 5.11 Å². The van der Waals surface area contributed by atoms with Gasteiger partial charge in [0.05, 0.1) is 18.2 Å². The van der Waals surface area contributed by atoms with Gasteiger partial charge in [-0.25, -0.2) is 0 Å². The van der Waals surface area contributed by atoms with E-state index >= 15 is 0 Å². The monoisotopic (exact) mass is 225 g/mol. The smallest absolute Gasteiger partial charge is 0.0654 e. The molecule has 86 valence electrons. The highest BCUT2D eigenvalue weighted by molar-refractivity contribution is 5.43. The van der Waals surface area contributed by atoms with Crippen molar-refractivity contribution >= 4 is 0 Å². The van der Waals surface area contributed by atoms with Gasteiger partial charge in [0.15, 0.2) is 0 Å². The van der Waals surface area contributed by atoms with Gasteiger partial charge in [0.1, 0.15) is 0 Å². The summed E-state index contributed by atoms with van der Waals surface area (Å²) in [4.78, 5) is 2.40. The Morgan fingerprint density at radius 2 is 1.94 bits per heavy atom. The molecule has 4 unspecified atom stereocenters. The van der Waals surface area contributed by atoms with Gasteiger partial charge in [0.25, 0.3) is 0 Å². The Morgan fingerprint density at radius 1 is 1.12 bits per heavy atom. The molecule has 1 aliphatic carbocycles. The summed E-state index contributed by atoms with van der Waals surface area (Å²) in [5, 5.41) is 10.3. The molecule has 4 atom stereocenters. The van der Waals surface area contributed by atoms with Gasteiger partial charge < -0.3 is 10.0 Å². The van der Waals surface area contributed by atoms with Crippen molar-refractivity contribution in [2.45, 2.75) is 30.5 Å². The van der Waals surface area contributed by atoms with Crippen molar-refractivity contribution < 1.29 is 5.11 Å². The Hall–Kier alpha value is -1.54. The van der Waals surface area contributed by atoms with E-state index in [1.54, 1.807) is 0 Å². The molecule has 0 radical (unpaired) electrons. The van der Waals surface area contributed by atoms with Crippen molar-refractivity contribution in [3.8, 4) is 0 Å². The van der Waals surface area contributed by atoms with Crippen LogP contribution in [0.1, 0.15) is 29.5 Å². The predicted molar refractivity (Wildman–Crippen MR) is 66.5 cm³/mol. The zero-order valence-corrected chi connectivity index (χ0v) is 9.53. The van der Waals surface area contributed by atoms with Crippen LogP contribution in [-0.2, 0) is 0 Å². The third kappa shape index (κ3) is 1.14. The molecule has 1 N–H and O–H groups in total. The van der Waals surface area contributed by atoms with E-state index in [-0.39, 0.29) is 12.0 Å². The van der Waals surface area contributed by atoms with Gasteiger partial charge >= 0.3 is 0 Å². The fraction of sp³-hybridized carbons (Fsp3) is 0.333. The molecule has 1 aromatic carbocycles. The molecular weight excluding hydrogens is 210 g/mol. The number of hydrogen-bond acceptors (Lipinski definition) is 2. The maximum atomic E-state index is 10.3. The molecule has 3 aliphatic heterocycles. The molecule has 0 saturated carbocycles. The number of fused-ring (bicyclic) bond motifs is 1. The van der Waals surface area contributed by atoms with Gasteiger partial charge in [-0.05, 0) is 23.6 Å². The van der Waals surface area contributed by atoms with Crippen LogP contribution >= 0.6 is 0 Å². The highest BCUT2D eigenvalue weighted by atomic mass is 16.3. The first-order valence-electron chi connectivity index (χ1n) is 6.25. The predicted octanol–water partition coefficient (Wildman–Crippen LogP) is 2.34. The van der Waals surface area contributed by atoms with Crippen molar-refractivity contribution in [3.63, 3.8) is 0 Å². The molecule has 4 aliphatic rings. The van der Waals surface area contributed by atoms with Crippen molar-refractivity contribution in [2.75, 3.05) is 0 Å². The number of aliphatic hydroxyl groups excluding tert-OH is 1. The first-order valence-corrected chi connectivity index (χ1v) is 6.25. The quantitative estimate of drug-likeness (QED) is 0.732. The summed E-state index contributed by atoms with van der Waals surface area (Å²) in [6.07, 6.45) is 9.23. The first kappa shape index (κ1) is 9.49. The van der Waals surface area contributed by atoms with Crippen LogP contribution in [0.3, 0.4) is 0 Å². The summed E-state index contributed by atoms with van der Waals surface area (Å²) in [6, 6.07) is 9.25. The zero-order valence-electron chi connectivity index (χ0n) is 9.53. The molecule has 0 aromatic heterocycles.